The van der Waals surface area contributed by atoms with Crippen molar-refractivity contribution >= 4 is 9.84 Å². The standard InChI is InChI=1S/C14H21NO3S/c1-18-13-9-11(19(2,16)17)5-6-12(13)14(10-15)7-3-4-8-14/h5-6,9H,3-4,7-8,10,15H2,1-2H3. The minimum absolute atomic E-state index is 0.0542. The molecular weight excluding hydrogens is 262 g/mol. The molecule has 1 aliphatic carbocycles. The van der Waals surface area contributed by atoms with Crippen LogP contribution in [0.1, 0.15) is 31.2 Å². The second kappa shape index (κ2) is 5.13. The Bertz CT molecular complexity index is 560. The maximum Gasteiger partial charge on any atom is 0.175 e. The fourth-order valence-corrected chi connectivity index (χ4v) is 3.61. The van der Waals surface area contributed by atoms with Crippen LogP contribution in [0.25, 0.3) is 0 Å². The van der Waals surface area contributed by atoms with Gasteiger partial charge in [-0.05, 0) is 25.0 Å². The van der Waals surface area contributed by atoms with Gasteiger partial charge in [-0.25, -0.2) is 8.42 Å². The third-order valence-electron chi connectivity index (χ3n) is 4.12. The number of ether oxygens (including phenoxy) is 1. The van der Waals surface area contributed by atoms with Gasteiger partial charge in [0.05, 0.1) is 12.0 Å². The molecule has 0 aromatic heterocycles. The van der Waals surface area contributed by atoms with E-state index < -0.39 is 9.84 Å². The Morgan fingerprint density at radius 2 is 1.95 bits per heavy atom. The lowest BCUT2D eigenvalue weighted by molar-refractivity contribution is 0.376. The molecule has 106 valence electrons. The molecule has 0 spiro atoms. The molecule has 0 amide bonds. The van der Waals surface area contributed by atoms with Crippen molar-refractivity contribution in [3.63, 3.8) is 0 Å². The highest BCUT2D eigenvalue weighted by Gasteiger charge is 2.36. The molecule has 1 saturated carbocycles. The van der Waals surface area contributed by atoms with Gasteiger partial charge in [0, 0.05) is 23.8 Å². The molecule has 0 saturated heterocycles. The minimum atomic E-state index is -3.21. The van der Waals surface area contributed by atoms with Crippen LogP contribution in [-0.2, 0) is 15.3 Å². The number of hydrogen-bond acceptors (Lipinski definition) is 4. The molecule has 0 aliphatic heterocycles. The highest BCUT2D eigenvalue weighted by atomic mass is 32.2. The third-order valence-corrected chi connectivity index (χ3v) is 5.23. The number of nitrogens with two attached hydrogens (primary N) is 1. The average Bonchev–Trinajstić information content (AvgIpc) is 2.86. The van der Waals surface area contributed by atoms with E-state index in [2.05, 4.69) is 0 Å². The van der Waals surface area contributed by atoms with Gasteiger partial charge in [-0.15, -0.1) is 0 Å². The van der Waals surface area contributed by atoms with E-state index >= 15 is 0 Å². The molecule has 1 aromatic carbocycles. The lowest BCUT2D eigenvalue weighted by atomic mass is 9.78. The first kappa shape index (κ1) is 14.3. The van der Waals surface area contributed by atoms with Gasteiger partial charge in [-0.3, -0.25) is 0 Å². The highest BCUT2D eigenvalue weighted by Crippen LogP contribution is 2.44. The normalized spacial score (nSPS) is 18.5. The summed E-state index contributed by atoms with van der Waals surface area (Å²) in [5.74, 6) is 0.635. The first-order valence-corrected chi connectivity index (χ1v) is 8.41. The predicted molar refractivity (Wildman–Crippen MR) is 75.3 cm³/mol. The van der Waals surface area contributed by atoms with E-state index in [4.69, 9.17) is 10.5 Å². The first-order chi connectivity index (χ1) is 8.93. The summed E-state index contributed by atoms with van der Waals surface area (Å²) >= 11 is 0. The fraction of sp³-hybridized carbons (Fsp3) is 0.571. The van der Waals surface area contributed by atoms with E-state index in [0.29, 0.717) is 17.2 Å². The second-order valence-electron chi connectivity index (χ2n) is 5.33. The molecule has 0 atom stereocenters. The Hall–Kier alpha value is -1.07. The van der Waals surface area contributed by atoms with Crippen molar-refractivity contribution in [1.82, 2.24) is 0 Å². The fourth-order valence-electron chi connectivity index (χ4n) is 2.98. The van der Waals surface area contributed by atoms with Crippen LogP contribution < -0.4 is 10.5 Å². The van der Waals surface area contributed by atoms with E-state index in [1.54, 1.807) is 19.2 Å². The zero-order chi connectivity index (χ0) is 14.1. The molecule has 0 radical (unpaired) electrons. The van der Waals surface area contributed by atoms with Gasteiger partial charge in [0.2, 0.25) is 0 Å². The topological polar surface area (TPSA) is 69.4 Å². The number of methoxy groups -OCH3 is 1. The van der Waals surface area contributed by atoms with E-state index in [-0.39, 0.29) is 5.41 Å². The van der Waals surface area contributed by atoms with Gasteiger partial charge in [-0.2, -0.15) is 0 Å². The van der Waals surface area contributed by atoms with Gasteiger partial charge in [-0.1, -0.05) is 18.9 Å². The van der Waals surface area contributed by atoms with Crippen molar-refractivity contribution in [1.29, 1.82) is 0 Å². The Morgan fingerprint density at radius 1 is 1.32 bits per heavy atom. The zero-order valence-corrected chi connectivity index (χ0v) is 12.3. The van der Waals surface area contributed by atoms with E-state index in [1.165, 1.54) is 6.26 Å². The molecule has 0 heterocycles. The molecule has 0 bridgehead atoms. The molecule has 0 unspecified atom stereocenters. The van der Waals surface area contributed by atoms with Crippen molar-refractivity contribution in [3.8, 4) is 5.75 Å². The largest absolute Gasteiger partial charge is 0.496 e. The van der Waals surface area contributed by atoms with Crippen LogP contribution in [0, 0.1) is 0 Å². The van der Waals surface area contributed by atoms with Crippen molar-refractivity contribution < 1.29 is 13.2 Å². The number of hydrogen-bond donors (Lipinski definition) is 1. The van der Waals surface area contributed by atoms with Crippen LogP contribution in [-0.4, -0.2) is 28.3 Å². The van der Waals surface area contributed by atoms with Crippen LogP contribution in [0.5, 0.6) is 5.75 Å². The summed E-state index contributed by atoms with van der Waals surface area (Å²) in [6, 6.07) is 5.14. The monoisotopic (exact) mass is 283 g/mol. The number of benzene rings is 1. The van der Waals surface area contributed by atoms with Crippen molar-refractivity contribution in [2.75, 3.05) is 19.9 Å². The second-order valence-corrected chi connectivity index (χ2v) is 7.34. The van der Waals surface area contributed by atoms with Gasteiger partial charge < -0.3 is 10.5 Å². The Kier molecular flexibility index (Phi) is 3.87. The summed E-state index contributed by atoms with van der Waals surface area (Å²) in [5, 5.41) is 0. The number of sulfone groups is 1. The summed E-state index contributed by atoms with van der Waals surface area (Å²) in [7, 11) is -1.64. The molecule has 5 heteroatoms. The van der Waals surface area contributed by atoms with Crippen LogP contribution in [0.4, 0.5) is 0 Å². The SMILES string of the molecule is COc1cc(S(C)(=O)=O)ccc1C1(CN)CCCC1. The third kappa shape index (κ3) is 2.62. The minimum Gasteiger partial charge on any atom is -0.496 e. The van der Waals surface area contributed by atoms with Crippen molar-refractivity contribution in [3.05, 3.63) is 23.8 Å². The van der Waals surface area contributed by atoms with Gasteiger partial charge in [0.25, 0.3) is 0 Å². The van der Waals surface area contributed by atoms with E-state index in [9.17, 15) is 8.42 Å². The Morgan fingerprint density at radius 3 is 2.42 bits per heavy atom. The first-order valence-electron chi connectivity index (χ1n) is 6.52. The smallest absolute Gasteiger partial charge is 0.175 e. The summed E-state index contributed by atoms with van der Waals surface area (Å²) in [6.45, 7) is 0.571. The lowest BCUT2D eigenvalue weighted by Crippen LogP contribution is -2.32. The predicted octanol–water partition coefficient (Wildman–Crippen LogP) is 1.87. The maximum atomic E-state index is 11.6. The summed E-state index contributed by atoms with van der Waals surface area (Å²) in [6.07, 6.45) is 5.61. The van der Waals surface area contributed by atoms with Gasteiger partial charge in [0.15, 0.2) is 9.84 Å². The summed E-state index contributed by atoms with van der Waals surface area (Å²) < 4.78 is 28.6. The lowest BCUT2D eigenvalue weighted by Gasteiger charge is -2.29. The molecule has 2 rings (SSSR count). The van der Waals surface area contributed by atoms with Crippen molar-refractivity contribution in [2.24, 2.45) is 5.73 Å². The van der Waals surface area contributed by atoms with Crippen LogP contribution in [0.3, 0.4) is 0 Å². The zero-order valence-electron chi connectivity index (χ0n) is 11.5. The summed E-state index contributed by atoms with van der Waals surface area (Å²) in [5.41, 5.74) is 6.96. The molecule has 1 aromatic rings. The maximum absolute atomic E-state index is 11.6. The van der Waals surface area contributed by atoms with Crippen molar-refractivity contribution in [2.45, 2.75) is 36.0 Å². The average molecular weight is 283 g/mol. The summed E-state index contributed by atoms with van der Waals surface area (Å²) in [4.78, 5) is 0.290. The Labute approximate surface area is 114 Å². The number of rotatable bonds is 4. The highest BCUT2D eigenvalue weighted by molar-refractivity contribution is 7.90. The van der Waals surface area contributed by atoms with Crippen LogP contribution in [0.15, 0.2) is 23.1 Å². The molecular formula is C14H21NO3S. The molecule has 4 nitrogen and oxygen atoms in total. The molecule has 1 aliphatic rings. The Balaban J connectivity index is 2.53. The van der Waals surface area contributed by atoms with Crippen LogP contribution in [0.2, 0.25) is 0 Å². The van der Waals surface area contributed by atoms with E-state index in [0.717, 1.165) is 31.2 Å². The molecule has 19 heavy (non-hydrogen) atoms. The quantitative estimate of drug-likeness (QED) is 0.916. The molecule has 2 N–H and O–H groups in total. The van der Waals surface area contributed by atoms with E-state index in [1.807, 2.05) is 6.07 Å². The van der Waals surface area contributed by atoms with Crippen LogP contribution >= 0.6 is 0 Å². The van der Waals surface area contributed by atoms with Gasteiger partial charge in [0.1, 0.15) is 5.75 Å². The molecule has 1 fully saturated rings. The van der Waals surface area contributed by atoms with Gasteiger partial charge >= 0.3 is 0 Å².